The van der Waals surface area contributed by atoms with E-state index in [0.717, 1.165) is 0 Å². The van der Waals surface area contributed by atoms with Crippen LogP contribution in [-0.2, 0) is 0 Å². The topological polar surface area (TPSA) is 55.1 Å². The fraction of sp³-hybridized carbons (Fsp3) is 0. The molecular weight excluding hydrogens is 307 g/mol. The first-order valence-corrected chi connectivity index (χ1v) is 6.43. The number of halogens is 3. The van der Waals surface area contributed by atoms with E-state index in [1.807, 2.05) is 0 Å². The molecule has 19 heavy (non-hydrogen) atoms. The van der Waals surface area contributed by atoms with Crippen molar-refractivity contribution in [3.05, 3.63) is 57.0 Å². The Kier molecular flexibility index (Phi) is 4.20. The number of para-hydroxylation sites is 1. The van der Waals surface area contributed by atoms with Crippen LogP contribution in [0.2, 0.25) is 15.1 Å². The van der Waals surface area contributed by atoms with Crippen molar-refractivity contribution in [2.75, 3.05) is 11.1 Å². The van der Waals surface area contributed by atoms with Gasteiger partial charge >= 0.3 is 0 Å². The van der Waals surface area contributed by atoms with Crippen LogP contribution in [0, 0.1) is 0 Å². The molecule has 6 heteroatoms. The lowest BCUT2D eigenvalue weighted by Gasteiger charge is -2.10. The van der Waals surface area contributed by atoms with Crippen LogP contribution in [0.3, 0.4) is 0 Å². The standard InChI is InChI=1S/C13H9Cl3N2O/c14-7-4-5-11(10(16)6-7)18-13(19)8-2-1-3-9(15)12(8)17/h1-6H,17H2,(H,18,19). The molecule has 0 heterocycles. The van der Waals surface area contributed by atoms with Crippen LogP contribution in [0.1, 0.15) is 10.4 Å². The number of hydrogen-bond donors (Lipinski definition) is 2. The zero-order valence-electron chi connectivity index (χ0n) is 9.58. The second-order valence-corrected chi connectivity index (χ2v) is 5.03. The number of rotatable bonds is 2. The predicted octanol–water partition coefficient (Wildman–Crippen LogP) is 4.48. The number of anilines is 2. The second kappa shape index (κ2) is 5.70. The molecule has 2 aromatic carbocycles. The predicted molar refractivity (Wildman–Crippen MR) is 80.3 cm³/mol. The molecule has 0 aliphatic heterocycles. The second-order valence-electron chi connectivity index (χ2n) is 3.78. The number of benzene rings is 2. The molecule has 3 nitrogen and oxygen atoms in total. The largest absolute Gasteiger partial charge is 0.397 e. The fourth-order valence-electron chi connectivity index (χ4n) is 1.52. The van der Waals surface area contributed by atoms with Gasteiger partial charge in [0, 0.05) is 5.02 Å². The number of carbonyl (C=O) groups excluding carboxylic acids is 1. The van der Waals surface area contributed by atoms with E-state index >= 15 is 0 Å². The van der Waals surface area contributed by atoms with Crippen molar-refractivity contribution in [1.82, 2.24) is 0 Å². The quantitative estimate of drug-likeness (QED) is 0.803. The van der Waals surface area contributed by atoms with Gasteiger partial charge in [-0.15, -0.1) is 0 Å². The van der Waals surface area contributed by atoms with Crippen LogP contribution in [0.5, 0.6) is 0 Å². The van der Waals surface area contributed by atoms with E-state index in [0.29, 0.717) is 26.3 Å². The lowest BCUT2D eigenvalue weighted by atomic mass is 10.1. The Morgan fingerprint density at radius 2 is 1.79 bits per heavy atom. The van der Waals surface area contributed by atoms with Crippen molar-refractivity contribution in [1.29, 1.82) is 0 Å². The highest BCUT2D eigenvalue weighted by molar-refractivity contribution is 6.37. The van der Waals surface area contributed by atoms with Gasteiger partial charge in [-0.05, 0) is 30.3 Å². The van der Waals surface area contributed by atoms with Gasteiger partial charge < -0.3 is 11.1 Å². The van der Waals surface area contributed by atoms with Gasteiger partial charge in [-0.2, -0.15) is 0 Å². The number of nitrogens with two attached hydrogens (primary N) is 1. The normalized spacial score (nSPS) is 10.3. The van der Waals surface area contributed by atoms with Crippen molar-refractivity contribution in [2.45, 2.75) is 0 Å². The van der Waals surface area contributed by atoms with Crippen molar-refractivity contribution in [3.8, 4) is 0 Å². The van der Waals surface area contributed by atoms with E-state index < -0.39 is 0 Å². The van der Waals surface area contributed by atoms with Crippen molar-refractivity contribution in [2.24, 2.45) is 0 Å². The molecule has 0 aromatic heterocycles. The molecule has 0 spiro atoms. The highest BCUT2D eigenvalue weighted by Gasteiger charge is 2.13. The molecule has 0 atom stereocenters. The molecule has 0 bridgehead atoms. The number of nitrogen functional groups attached to an aromatic ring is 1. The van der Waals surface area contributed by atoms with Gasteiger partial charge in [0.25, 0.3) is 5.91 Å². The van der Waals surface area contributed by atoms with Crippen molar-refractivity contribution >= 4 is 52.1 Å². The SMILES string of the molecule is Nc1c(Cl)cccc1C(=O)Nc1ccc(Cl)cc1Cl. The summed E-state index contributed by atoms with van der Waals surface area (Å²) in [5, 5.41) is 3.82. The third-order valence-corrected chi connectivity index (χ3v) is 3.35. The summed E-state index contributed by atoms with van der Waals surface area (Å²) in [6.07, 6.45) is 0. The molecule has 1 amide bonds. The molecule has 0 saturated heterocycles. The van der Waals surface area contributed by atoms with Gasteiger partial charge in [-0.25, -0.2) is 0 Å². The molecule has 0 aliphatic carbocycles. The maximum Gasteiger partial charge on any atom is 0.257 e. The molecule has 2 rings (SSSR count). The first-order chi connectivity index (χ1) is 8.99. The minimum absolute atomic E-state index is 0.228. The maximum absolute atomic E-state index is 12.1. The lowest BCUT2D eigenvalue weighted by Crippen LogP contribution is -2.14. The molecule has 0 radical (unpaired) electrons. The summed E-state index contributed by atoms with van der Waals surface area (Å²) in [6.45, 7) is 0. The molecular formula is C13H9Cl3N2O. The average molecular weight is 316 g/mol. The molecule has 98 valence electrons. The van der Waals surface area contributed by atoms with Gasteiger partial charge in [0.05, 0.1) is 27.0 Å². The molecule has 0 saturated carbocycles. The Balaban J connectivity index is 2.28. The smallest absolute Gasteiger partial charge is 0.257 e. The molecule has 3 N–H and O–H groups in total. The molecule has 0 aliphatic rings. The van der Waals surface area contributed by atoms with E-state index in [1.54, 1.807) is 36.4 Å². The average Bonchev–Trinajstić information content (AvgIpc) is 2.36. The van der Waals surface area contributed by atoms with Gasteiger partial charge in [0.15, 0.2) is 0 Å². The summed E-state index contributed by atoms with van der Waals surface area (Å²) in [7, 11) is 0. The summed E-state index contributed by atoms with van der Waals surface area (Å²) in [4.78, 5) is 12.1. The third-order valence-electron chi connectivity index (χ3n) is 2.48. The summed E-state index contributed by atoms with van der Waals surface area (Å²) in [5.41, 5.74) is 6.73. The van der Waals surface area contributed by atoms with Gasteiger partial charge in [-0.3, -0.25) is 4.79 Å². The van der Waals surface area contributed by atoms with E-state index in [1.165, 1.54) is 0 Å². The lowest BCUT2D eigenvalue weighted by molar-refractivity contribution is 0.102. The van der Waals surface area contributed by atoms with Crippen LogP contribution in [0.25, 0.3) is 0 Å². The number of amides is 1. The Labute approximate surface area is 125 Å². The molecule has 2 aromatic rings. The minimum atomic E-state index is -0.385. The van der Waals surface area contributed by atoms with Crippen LogP contribution in [-0.4, -0.2) is 5.91 Å². The van der Waals surface area contributed by atoms with E-state index in [2.05, 4.69) is 5.32 Å². The number of carbonyl (C=O) groups is 1. The first kappa shape index (κ1) is 14.0. The third kappa shape index (κ3) is 3.13. The van der Waals surface area contributed by atoms with Gasteiger partial charge in [0.1, 0.15) is 0 Å². The highest BCUT2D eigenvalue weighted by Crippen LogP contribution is 2.27. The van der Waals surface area contributed by atoms with E-state index in [9.17, 15) is 4.79 Å². The Bertz CT molecular complexity index is 644. The van der Waals surface area contributed by atoms with Crippen molar-refractivity contribution < 1.29 is 4.79 Å². The Hall–Kier alpha value is -1.42. The highest BCUT2D eigenvalue weighted by atomic mass is 35.5. The summed E-state index contributed by atoms with van der Waals surface area (Å²) >= 11 is 17.6. The Morgan fingerprint density at radius 1 is 1.05 bits per heavy atom. The van der Waals surface area contributed by atoms with E-state index in [4.69, 9.17) is 40.5 Å². The monoisotopic (exact) mass is 314 g/mol. The molecule has 0 unspecified atom stereocenters. The van der Waals surface area contributed by atoms with Gasteiger partial charge in [0.2, 0.25) is 0 Å². The van der Waals surface area contributed by atoms with Crippen LogP contribution in [0.15, 0.2) is 36.4 Å². The summed E-state index contributed by atoms with van der Waals surface area (Å²) in [5.74, 6) is -0.385. The summed E-state index contributed by atoms with van der Waals surface area (Å²) < 4.78 is 0. The maximum atomic E-state index is 12.1. The van der Waals surface area contributed by atoms with E-state index in [-0.39, 0.29) is 11.6 Å². The number of nitrogens with one attached hydrogen (secondary N) is 1. The van der Waals surface area contributed by atoms with Crippen LogP contribution < -0.4 is 11.1 Å². The Morgan fingerprint density at radius 3 is 2.47 bits per heavy atom. The summed E-state index contributed by atoms with van der Waals surface area (Å²) in [6, 6.07) is 9.63. The zero-order valence-corrected chi connectivity index (χ0v) is 11.9. The van der Waals surface area contributed by atoms with Crippen molar-refractivity contribution in [3.63, 3.8) is 0 Å². The van der Waals surface area contributed by atoms with Crippen LogP contribution >= 0.6 is 34.8 Å². The zero-order chi connectivity index (χ0) is 14.0. The number of hydrogen-bond acceptors (Lipinski definition) is 2. The minimum Gasteiger partial charge on any atom is -0.397 e. The van der Waals surface area contributed by atoms with Crippen LogP contribution in [0.4, 0.5) is 11.4 Å². The first-order valence-electron chi connectivity index (χ1n) is 5.29. The molecule has 0 fully saturated rings. The van der Waals surface area contributed by atoms with Gasteiger partial charge in [-0.1, -0.05) is 40.9 Å². The fourth-order valence-corrected chi connectivity index (χ4v) is 2.15.